The second-order valence-electron chi connectivity index (χ2n) is 4.02. The fraction of sp³-hybridized carbons (Fsp3) is 0.417. The highest BCUT2D eigenvalue weighted by atomic mass is 35.5. The zero-order valence-corrected chi connectivity index (χ0v) is 10.1. The summed E-state index contributed by atoms with van der Waals surface area (Å²) in [6, 6.07) is 6.85. The van der Waals surface area contributed by atoms with Crippen LogP contribution < -0.4 is 4.74 Å². The van der Waals surface area contributed by atoms with Crippen molar-refractivity contribution in [2.75, 3.05) is 19.7 Å². The highest BCUT2D eigenvalue weighted by Crippen LogP contribution is 2.16. The molecule has 1 heterocycles. The molecule has 92 valence electrons. The maximum atomic E-state index is 11.7. The minimum Gasteiger partial charge on any atom is -0.484 e. The van der Waals surface area contributed by atoms with Gasteiger partial charge in [-0.3, -0.25) is 4.79 Å². The van der Waals surface area contributed by atoms with E-state index < -0.39 is 6.10 Å². The Morgan fingerprint density at radius 2 is 2.18 bits per heavy atom. The number of nitrogens with zero attached hydrogens (tertiary/aromatic N) is 1. The summed E-state index contributed by atoms with van der Waals surface area (Å²) in [4.78, 5) is 13.3. The van der Waals surface area contributed by atoms with E-state index in [1.165, 1.54) is 0 Å². The van der Waals surface area contributed by atoms with E-state index in [4.69, 9.17) is 16.3 Å². The van der Waals surface area contributed by atoms with Crippen LogP contribution in [0.5, 0.6) is 5.75 Å². The quantitative estimate of drug-likeness (QED) is 0.886. The van der Waals surface area contributed by atoms with Crippen molar-refractivity contribution >= 4 is 17.5 Å². The number of carbonyl (C=O) groups excluding carboxylic acids is 1. The number of hydrogen-bond acceptors (Lipinski definition) is 3. The zero-order chi connectivity index (χ0) is 12.3. The minimum absolute atomic E-state index is 0.00560. The predicted octanol–water partition coefficient (Wildman–Crippen LogP) is 1.31. The molecule has 1 N–H and O–H groups in total. The average molecular weight is 256 g/mol. The molecule has 1 aromatic rings. The fourth-order valence-corrected chi connectivity index (χ4v) is 1.86. The van der Waals surface area contributed by atoms with E-state index in [1.54, 1.807) is 29.2 Å². The van der Waals surface area contributed by atoms with Crippen molar-refractivity contribution < 1.29 is 14.6 Å². The molecule has 2 rings (SSSR count). The zero-order valence-electron chi connectivity index (χ0n) is 9.30. The monoisotopic (exact) mass is 255 g/mol. The standard InChI is InChI=1S/C12H14ClNO3/c13-9-1-3-11(4-2-9)17-8-12(16)14-6-5-10(15)7-14/h1-4,10,15H,5-8H2/t10-/m0/s1. The lowest BCUT2D eigenvalue weighted by molar-refractivity contribution is -0.132. The molecule has 0 aromatic heterocycles. The SMILES string of the molecule is O=C(COc1ccc(Cl)cc1)N1CC[C@H](O)C1. The first-order chi connectivity index (χ1) is 8.15. The molecule has 1 aromatic carbocycles. The Morgan fingerprint density at radius 1 is 1.47 bits per heavy atom. The third-order valence-corrected chi connectivity index (χ3v) is 2.94. The average Bonchev–Trinajstić information content (AvgIpc) is 2.75. The van der Waals surface area contributed by atoms with Gasteiger partial charge in [-0.25, -0.2) is 0 Å². The van der Waals surface area contributed by atoms with Gasteiger partial charge in [-0.2, -0.15) is 0 Å². The van der Waals surface area contributed by atoms with Crippen molar-refractivity contribution in [3.8, 4) is 5.75 Å². The Morgan fingerprint density at radius 3 is 2.76 bits per heavy atom. The van der Waals surface area contributed by atoms with Gasteiger partial charge >= 0.3 is 0 Å². The van der Waals surface area contributed by atoms with Crippen LogP contribution in [0.4, 0.5) is 0 Å². The third-order valence-electron chi connectivity index (χ3n) is 2.69. The molecular weight excluding hydrogens is 242 g/mol. The Balaban J connectivity index is 1.82. The highest BCUT2D eigenvalue weighted by molar-refractivity contribution is 6.30. The van der Waals surface area contributed by atoms with Crippen molar-refractivity contribution in [3.63, 3.8) is 0 Å². The van der Waals surface area contributed by atoms with E-state index in [0.29, 0.717) is 30.3 Å². The van der Waals surface area contributed by atoms with Gasteiger partial charge in [-0.1, -0.05) is 11.6 Å². The van der Waals surface area contributed by atoms with Crippen molar-refractivity contribution in [2.45, 2.75) is 12.5 Å². The molecule has 0 spiro atoms. The number of ether oxygens (including phenoxy) is 1. The van der Waals surface area contributed by atoms with Crippen LogP contribution in [-0.4, -0.2) is 41.7 Å². The maximum Gasteiger partial charge on any atom is 0.260 e. The van der Waals surface area contributed by atoms with E-state index in [1.807, 2.05) is 0 Å². The number of rotatable bonds is 3. The number of aliphatic hydroxyl groups is 1. The van der Waals surface area contributed by atoms with Crippen LogP contribution in [0, 0.1) is 0 Å². The molecule has 4 nitrogen and oxygen atoms in total. The number of likely N-dealkylation sites (tertiary alicyclic amines) is 1. The van der Waals surface area contributed by atoms with Crippen LogP contribution in [0.3, 0.4) is 0 Å². The summed E-state index contributed by atoms with van der Waals surface area (Å²) in [5.74, 6) is 0.513. The molecule has 1 aliphatic rings. The molecule has 1 aliphatic heterocycles. The van der Waals surface area contributed by atoms with Crippen molar-refractivity contribution in [1.29, 1.82) is 0 Å². The molecule has 17 heavy (non-hydrogen) atoms. The van der Waals surface area contributed by atoms with Gasteiger partial charge in [-0.15, -0.1) is 0 Å². The number of carbonyl (C=O) groups is 1. The topological polar surface area (TPSA) is 49.8 Å². The lowest BCUT2D eigenvalue weighted by Crippen LogP contribution is -2.33. The summed E-state index contributed by atoms with van der Waals surface area (Å²) in [6.45, 7) is 1.00. The summed E-state index contributed by atoms with van der Waals surface area (Å²) in [7, 11) is 0. The van der Waals surface area contributed by atoms with Gasteiger partial charge in [0, 0.05) is 18.1 Å². The van der Waals surface area contributed by atoms with Crippen LogP contribution in [-0.2, 0) is 4.79 Å². The number of halogens is 1. The van der Waals surface area contributed by atoms with E-state index >= 15 is 0 Å². The molecular formula is C12H14ClNO3. The van der Waals surface area contributed by atoms with Crippen molar-refractivity contribution in [1.82, 2.24) is 4.90 Å². The van der Waals surface area contributed by atoms with Crippen LogP contribution in [0.15, 0.2) is 24.3 Å². The van der Waals surface area contributed by atoms with Gasteiger partial charge < -0.3 is 14.7 Å². The molecule has 1 atom stereocenters. The summed E-state index contributed by atoms with van der Waals surface area (Å²) in [6.07, 6.45) is 0.252. The number of amides is 1. The smallest absolute Gasteiger partial charge is 0.260 e. The molecule has 1 saturated heterocycles. The molecule has 0 bridgehead atoms. The van der Waals surface area contributed by atoms with Crippen LogP contribution in [0.2, 0.25) is 5.02 Å². The molecule has 1 amide bonds. The van der Waals surface area contributed by atoms with Gasteiger partial charge in [0.05, 0.1) is 6.10 Å². The van der Waals surface area contributed by atoms with Gasteiger partial charge in [0.15, 0.2) is 6.61 Å². The second kappa shape index (κ2) is 5.38. The first-order valence-corrected chi connectivity index (χ1v) is 5.87. The van der Waals surface area contributed by atoms with Crippen molar-refractivity contribution in [2.24, 2.45) is 0 Å². The van der Waals surface area contributed by atoms with Crippen LogP contribution in [0.25, 0.3) is 0 Å². The number of aliphatic hydroxyl groups excluding tert-OH is 1. The molecule has 0 radical (unpaired) electrons. The molecule has 0 unspecified atom stereocenters. The summed E-state index contributed by atoms with van der Waals surface area (Å²) >= 11 is 5.74. The van der Waals surface area contributed by atoms with E-state index in [0.717, 1.165) is 0 Å². The summed E-state index contributed by atoms with van der Waals surface area (Å²) in [5.41, 5.74) is 0. The van der Waals surface area contributed by atoms with Gasteiger partial charge in [0.25, 0.3) is 5.91 Å². The lowest BCUT2D eigenvalue weighted by Gasteiger charge is -2.15. The Labute approximate surface area is 105 Å². The summed E-state index contributed by atoms with van der Waals surface area (Å²) < 4.78 is 5.34. The first kappa shape index (κ1) is 12.2. The third kappa shape index (κ3) is 3.35. The Bertz CT molecular complexity index is 393. The van der Waals surface area contributed by atoms with E-state index in [2.05, 4.69) is 0 Å². The number of benzene rings is 1. The fourth-order valence-electron chi connectivity index (χ4n) is 1.74. The largest absolute Gasteiger partial charge is 0.484 e. The number of hydrogen-bond donors (Lipinski definition) is 1. The predicted molar refractivity (Wildman–Crippen MR) is 64.2 cm³/mol. The van der Waals surface area contributed by atoms with Crippen LogP contribution >= 0.6 is 11.6 Å². The Hall–Kier alpha value is -1.26. The lowest BCUT2D eigenvalue weighted by atomic mass is 10.3. The normalized spacial score (nSPS) is 19.4. The number of β-amino-alcohol motifs (C(OH)–C–C–N with tert-alkyl or cyclic N) is 1. The minimum atomic E-state index is -0.394. The van der Waals surface area contributed by atoms with E-state index in [-0.39, 0.29) is 12.5 Å². The first-order valence-electron chi connectivity index (χ1n) is 5.49. The van der Waals surface area contributed by atoms with Gasteiger partial charge in [0.1, 0.15) is 5.75 Å². The van der Waals surface area contributed by atoms with Crippen molar-refractivity contribution in [3.05, 3.63) is 29.3 Å². The van der Waals surface area contributed by atoms with E-state index in [9.17, 15) is 9.90 Å². The van der Waals surface area contributed by atoms with Gasteiger partial charge in [0.2, 0.25) is 0 Å². The molecule has 0 aliphatic carbocycles. The highest BCUT2D eigenvalue weighted by Gasteiger charge is 2.24. The summed E-state index contributed by atoms with van der Waals surface area (Å²) in [5, 5.41) is 9.95. The Kier molecular flexibility index (Phi) is 3.86. The second-order valence-corrected chi connectivity index (χ2v) is 4.46. The van der Waals surface area contributed by atoms with Crippen LogP contribution in [0.1, 0.15) is 6.42 Å². The molecule has 1 fully saturated rings. The molecule has 5 heteroatoms. The maximum absolute atomic E-state index is 11.7. The molecule has 0 saturated carbocycles. The van der Waals surface area contributed by atoms with Gasteiger partial charge in [-0.05, 0) is 30.7 Å².